The van der Waals surface area contributed by atoms with Crippen LogP contribution in [-0.4, -0.2) is 43.8 Å². The van der Waals surface area contributed by atoms with E-state index in [2.05, 4.69) is 25.6 Å². The molecule has 0 saturated carbocycles. The normalized spacial score (nSPS) is 10.7. The summed E-state index contributed by atoms with van der Waals surface area (Å²) in [5.41, 5.74) is 4.38. The molecule has 0 aliphatic carbocycles. The number of thioether (sulfide) groups is 1. The number of hydrogen-bond acceptors (Lipinski definition) is 8. The average Bonchev–Trinajstić information content (AvgIpc) is 3.26. The maximum atomic E-state index is 13.2. The van der Waals surface area contributed by atoms with E-state index in [4.69, 9.17) is 4.74 Å². The molecule has 0 radical (unpaired) electrons. The van der Waals surface area contributed by atoms with Gasteiger partial charge in [0.1, 0.15) is 5.75 Å². The highest BCUT2D eigenvalue weighted by Crippen LogP contribution is 2.25. The SMILES string of the molecule is COc1ccc(-n2nnc(C(=O)Nc3ccc(C(C)=O)cc3)c2CSc2nc(C)cc(C)n2)cc1. The first kappa shape index (κ1) is 24.1. The predicted molar refractivity (Wildman–Crippen MR) is 133 cm³/mol. The molecule has 1 amide bonds. The van der Waals surface area contributed by atoms with Gasteiger partial charge in [-0.15, -0.1) is 5.10 Å². The Hall–Kier alpha value is -4.05. The Kier molecular flexibility index (Phi) is 7.21. The summed E-state index contributed by atoms with van der Waals surface area (Å²) in [5.74, 6) is 0.629. The van der Waals surface area contributed by atoms with Crippen LogP contribution < -0.4 is 10.1 Å². The van der Waals surface area contributed by atoms with Crippen LogP contribution >= 0.6 is 11.8 Å². The lowest BCUT2D eigenvalue weighted by Crippen LogP contribution is -2.15. The first-order valence-corrected chi connectivity index (χ1v) is 11.8. The fourth-order valence-electron chi connectivity index (χ4n) is 3.41. The highest BCUT2D eigenvalue weighted by atomic mass is 32.2. The Morgan fingerprint density at radius 3 is 2.26 bits per heavy atom. The van der Waals surface area contributed by atoms with Crippen LogP contribution in [0.1, 0.15) is 44.9 Å². The number of Topliss-reactive ketones (excluding diaryl/α,β-unsaturated/α-hetero) is 1. The molecule has 0 unspecified atom stereocenters. The van der Waals surface area contributed by atoms with E-state index in [1.54, 1.807) is 36.1 Å². The lowest BCUT2D eigenvalue weighted by molar-refractivity contribution is 0.101. The monoisotopic (exact) mass is 488 g/mol. The zero-order valence-electron chi connectivity index (χ0n) is 19.8. The summed E-state index contributed by atoms with van der Waals surface area (Å²) < 4.78 is 6.87. The van der Waals surface area contributed by atoms with E-state index in [1.807, 2.05) is 44.2 Å². The number of ketones is 1. The predicted octanol–water partition coefficient (Wildman–Crippen LogP) is 4.43. The van der Waals surface area contributed by atoms with Gasteiger partial charge < -0.3 is 10.1 Å². The lowest BCUT2D eigenvalue weighted by Gasteiger charge is -2.10. The standard InChI is InChI=1S/C25H24N6O3S/c1-15-13-16(2)27-25(26-15)35-14-22-23(24(33)28-19-7-5-18(6-8-19)17(3)32)29-30-31(22)20-9-11-21(34-4)12-10-20/h5-13H,14H2,1-4H3,(H,28,33). The number of hydrogen-bond donors (Lipinski definition) is 1. The fraction of sp³-hybridized carbons (Fsp3) is 0.200. The number of ether oxygens (including phenoxy) is 1. The van der Waals surface area contributed by atoms with Gasteiger partial charge in [0.05, 0.1) is 18.5 Å². The lowest BCUT2D eigenvalue weighted by atomic mass is 10.1. The van der Waals surface area contributed by atoms with E-state index in [0.717, 1.165) is 17.1 Å². The van der Waals surface area contributed by atoms with Crippen molar-refractivity contribution in [1.82, 2.24) is 25.0 Å². The number of carbonyl (C=O) groups excluding carboxylic acids is 2. The Morgan fingerprint density at radius 1 is 1.00 bits per heavy atom. The number of anilines is 1. The molecular formula is C25H24N6O3S. The Bertz CT molecular complexity index is 1350. The zero-order chi connectivity index (χ0) is 24.9. The van der Waals surface area contributed by atoms with Crippen molar-refractivity contribution >= 4 is 29.1 Å². The molecule has 35 heavy (non-hydrogen) atoms. The number of carbonyl (C=O) groups is 2. The quantitative estimate of drug-likeness (QED) is 0.220. The highest BCUT2D eigenvalue weighted by Gasteiger charge is 2.22. The van der Waals surface area contributed by atoms with Crippen molar-refractivity contribution in [2.45, 2.75) is 31.7 Å². The Labute approximate surface area is 207 Å². The van der Waals surface area contributed by atoms with Crippen molar-refractivity contribution in [2.75, 3.05) is 12.4 Å². The minimum atomic E-state index is -0.405. The summed E-state index contributed by atoms with van der Waals surface area (Å²) in [6.07, 6.45) is 0. The second-order valence-corrected chi connectivity index (χ2v) is 8.75. The van der Waals surface area contributed by atoms with E-state index in [1.165, 1.54) is 18.7 Å². The van der Waals surface area contributed by atoms with Gasteiger partial charge in [-0.3, -0.25) is 9.59 Å². The molecule has 0 fully saturated rings. The number of aryl methyl sites for hydroxylation is 2. The molecule has 2 aromatic carbocycles. The van der Waals surface area contributed by atoms with Crippen LogP contribution in [0.4, 0.5) is 5.69 Å². The van der Waals surface area contributed by atoms with Gasteiger partial charge in [0.25, 0.3) is 5.91 Å². The maximum Gasteiger partial charge on any atom is 0.278 e. The maximum absolute atomic E-state index is 13.2. The molecule has 178 valence electrons. The third-order valence-electron chi connectivity index (χ3n) is 5.14. The van der Waals surface area contributed by atoms with E-state index in [0.29, 0.717) is 33.6 Å². The van der Waals surface area contributed by atoms with Crippen LogP contribution in [-0.2, 0) is 5.75 Å². The van der Waals surface area contributed by atoms with E-state index in [9.17, 15) is 9.59 Å². The van der Waals surface area contributed by atoms with Gasteiger partial charge in [0.2, 0.25) is 0 Å². The topological polar surface area (TPSA) is 112 Å². The molecule has 2 heterocycles. The Morgan fingerprint density at radius 2 is 1.66 bits per heavy atom. The van der Waals surface area contributed by atoms with Crippen LogP contribution in [0.5, 0.6) is 5.75 Å². The largest absolute Gasteiger partial charge is 0.497 e. The molecule has 2 aromatic heterocycles. The third-order valence-corrected chi connectivity index (χ3v) is 6.00. The zero-order valence-corrected chi connectivity index (χ0v) is 20.6. The number of methoxy groups -OCH3 is 1. The van der Waals surface area contributed by atoms with Crippen LogP contribution in [0, 0.1) is 13.8 Å². The minimum Gasteiger partial charge on any atom is -0.497 e. The van der Waals surface area contributed by atoms with Crippen LogP contribution in [0.3, 0.4) is 0 Å². The summed E-state index contributed by atoms with van der Waals surface area (Å²) in [5, 5.41) is 11.9. The van der Waals surface area contributed by atoms with Crippen molar-refractivity contribution in [2.24, 2.45) is 0 Å². The molecular weight excluding hydrogens is 464 g/mol. The summed E-state index contributed by atoms with van der Waals surface area (Å²) in [7, 11) is 1.60. The molecule has 0 aliphatic heterocycles. The molecule has 10 heteroatoms. The molecule has 0 saturated heterocycles. The van der Waals surface area contributed by atoms with Gasteiger partial charge in [0, 0.05) is 28.4 Å². The van der Waals surface area contributed by atoms with Crippen LogP contribution in [0.15, 0.2) is 59.8 Å². The number of aromatic nitrogens is 5. The van der Waals surface area contributed by atoms with Crippen LogP contribution in [0.2, 0.25) is 0 Å². The highest BCUT2D eigenvalue weighted by molar-refractivity contribution is 7.98. The number of nitrogens with one attached hydrogen (secondary N) is 1. The summed E-state index contributed by atoms with van der Waals surface area (Å²) in [6, 6.07) is 15.9. The molecule has 1 N–H and O–H groups in total. The third kappa shape index (κ3) is 5.72. The minimum absolute atomic E-state index is 0.0433. The molecule has 9 nitrogen and oxygen atoms in total. The molecule has 4 rings (SSSR count). The second-order valence-electron chi connectivity index (χ2n) is 7.80. The van der Waals surface area contributed by atoms with E-state index in [-0.39, 0.29) is 11.5 Å². The van der Waals surface area contributed by atoms with E-state index < -0.39 is 5.91 Å². The van der Waals surface area contributed by atoms with Crippen LogP contribution in [0.25, 0.3) is 5.69 Å². The molecule has 0 aliphatic rings. The van der Waals surface area contributed by atoms with Crippen molar-refractivity contribution in [3.05, 3.63) is 82.9 Å². The number of rotatable bonds is 8. The Balaban J connectivity index is 1.65. The molecule has 0 bridgehead atoms. The van der Waals surface area contributed by atoms with Gasteiger partial charge in [-0.05, 0) is 75.4 Å². The molecule has 0 atom stereocenters. The van der Waals surface area contributed by atoms with Gasteiger partial charge in [-0.25, -0.2) is 14.6 Å². The van der Waals surface area contributed by atoms with Crippen molar-refractivity contribution in [1.29, 1.82) is 0 Å². The van der Waals surface area contributed by atoms with Crippen molar-refractivity contribution in [3.8, 4) is 11.4 Å². The molecule has 4 aromatic rings. The van der Waals surface area contributed by atoms with Crippen molar-refractivity contribution < 1.29 is 14.3 Å². The van der Waals surface area contributed by atoms with Gasteiger partial charge >= 0.3 is 0 Å². The van der Waals surface area contributed by atoms with Crippen molar-refractivity contribution in [3.63, 3.8) is 0 Å². The van der Waals surface area contributed by atoms with E-state index >= 15 is 0 Å². The molecule has 0 spiro atoms. The smallest absolute Gasteiger partial charge is 0.278 e. The number of amides is 1. The number of nitrogens with zero attached hydrogens (tertiary/aromatic N) is 5. The van der Waals surface area contributed by atoms with Gasteiger partial charge in [-0.2, -0.15) is 0 Å². The first-order valence-electron chi connectivity index (χ1n) is 10.8. The van der Waals surface area contributed by atoms with Gasteiger partial charge in [0.15, 0.2) is 16.6 Å². The van der Waals surface area contributed by atoms with Gasteiger partial charge in [-0.1, -0.05) is 17.0 Å². The summed E-state index contributed by atoms with van der Waals surface area (Å²) in [4.78, 5) is 33.6. The average molecular weight is 489 g/mol. The fourth-order valence-corrected chi connectivity index (χ4v) is 4.35. The summed E-state index contributed by atoms with van der Waals surface area (Å²) in [6.45, 7) is 5.32. The second kappa shape index (κ2) is 10.5. The summed E-state index contributed by atoms with van der Waals surface area (Å²) >= 11 is 1.40. The first-order chi connectivity index (χ1) is 16.8. The number of benzene rings is 2.